The summed E-state index contributed by atoms with van der Waals surface area (Å²) in [5, 5.41) is 19.5. The van der Waals surface area contributed by atoms with Gasteiger partial charge in [0, 0.05) is 24.0 Å². The highest BCUT2D eigenvalue weighted by Gasteiger charge is 2.24. The van der Waals surface area contributed by atoms with Crippen molar-refractivity contribution in [1.82, 2.24) is 15.0 Å². The van der Waals surface area contributed by atoms with Gasteiger partial charge in [0.25, 0.3) is 5.56 Å². The molecule has 5 rings (SSSR count). The van der Waals surface area contributed by atoms with E-state index in [1.54, 1.807) is 6.07 Å². The molecule has 2 aromatic heterocycles. The molecule has 0 radical (unpaired) electrons. The number of aliphatic hydroxyl groups excluding tert-OH is 1. The molecule has 1 aliphatic carbocycles. The van der Waals surface area contributed by atoms with Crippen LogP contribution in [0.2, 0.25) is 0 Å². The van der Waals surface area contributed by atoms with Gasteiger partial charge in [-0.3, -0.25) is 9.36 Å². The number of fused-ring (bicyclic) bond motifs is 2. The van der Waals surface area contributed by atoms with Gasteiger partial charge in [0.2, 0.25) is 0 Å². The van der Waals surface area contributed by atoms with Crippen molar-refractivity contribution >= 4 is 10.9 Å². The topological polar surface area (TPSA) is 89.5 Å². The molecule has 0 saturated heterocycles. The van der Waals surface area contributed by atoms with Gasteiger partial charge in [-0.25, -0.2) is 0 Å². The van der Waals surface area contributed by atoms with Crippen molar-refractivity contribution in [1.29, 1.82) is 0 Å². The molecule has 37 heavy (non-hydrogen) atoms. The molecule has 0 bridgehead atoms. The standard InChI is InChI=1S/C30H35N3O4/c1-5-20-12-23-14-25(15-24(23)13-21(20)6-2)31-16-29(35)33-28(34)11-10-22-8-7-9-27(30(22)33)36-17-26-18(3)32-37-19(26)4/h7-13,25,29,31,35H,5-6,14-17H2,1-4H3. The van der Waals surface area contributed by atoms with Crippen LogP contribution in [0.3, 0.4) is 0 Å². The van der Waals surface area contributed by atoms with Crippen LogP contribution in [0.25, 0.3) is 10.9 Å². The highest BCUT2D eigenvalue weighted by molar-refractivity contribution is 5.85. The Labute approximate surface area is 217 Å². The molecular formula is C30H35N3O4. The summed E-state index contributed by atoms with van der Waals surface area (Å²) in [6, 6.07) is 13.8. The van der Waals surface area contributed by atoms with Gasteiger partial charge in [-0.15, -0.1) is 0 Å². The van der Waals surface area contributed by atoms with E-state index in [1.807, 2.05) is 32.0 Å². The number of ether oxygens (including phenoxy) is 1. The molecular weight excluding hydrogens is 466 g/mol. The summed E-state index contributed by atoms with van der Waals surface area (Å²) in [5.41, 5.74) is 7.57. The molecule has 2 heterocycles. The molecule has 7 nitrogen and oxygen atoms in total. The SMILES string of the molecule is CCc1cc2c(cc1CC)CC(NCC(O)n1c(=O)ccc3cccc(OCc4c(C)noc4C)c31)C2. The van der Waals surface area contributed by atoms with Gasteiger partial charge in [0.05, 0.1) is 16.8 Å². The lowest BCUT2D eigenvalue weighted by molar-refractivity contribution is 0.0997. The Morgan fingerprint density at radius 3 is 2.43 bits per heavy atom. The third-order valence-corrected chi connectivity index (χ3v) is 7.57. The van der Waals surface area contributed by atoms with Gasteiger partial charge < -0.3 is 19.7 Å². The van der Waals surface area contributed by atoms with Crippen LogP contribution in [0.5, 0.6) is 5.75 Å². The van der Waals surface area contributed by atoms with Crippen molar-refractivity contribution in [3.8, 4) is 5.75 Å². The molecule has 1 unspecified atom stereocenters. The molecule has 7 heteroatoms. The highest BCUT2D eigenvalue weighted by Crippen LogP contribution is 2.29. The van der Waals surface area contributed by atoms with Crippen LogP contribution in [0.1, 0.15) is 59.3 Å². The first kappa shape index (κ1) is 25.2. The van der Waals surface area contributed by atoms with E-state index in [4.69, 9.17) is 9.26 Å². The number of aromatic nitrogens is 2. The Hall–Kier alpha value is -3.42. The summed E-state index contributed by atoms with van der Waals surface area (Å²) in [5.74, 6) is 1.23. The molecule has 2 N–H and O–H groups in total. The molecule has 0 saturated carbocycles. The van der Waals surface area contributed by atoms with Crippen molar-refractivity contribution in [2.45, 2.75) is 72.3 Å². The lowest BCUT2D eigenvalue weighted by Gasteiger charge is -2.21. The summed E-state index contributed by atoms with van der Waals surface area (Å²) >= 11 is 0. The maximum atomic E-state index is 13.0. The first-order chi connectivity index (χ1) is 17.9. The largest absolute Gasteiger partial charge is 0.486 e. The average molecular weight is 502 g/mol. The van der Waals surface area contributed by atoms with Crippen LogP contribution >= 0.6 is 0 Å². The Morgan fingerprint density at radius 1 is 1.11 bits per heavy atom. The first-order valence-corrected chi connectivity index (χ1v) is 13.1. The molecule has 0 fully saturated rings. The minimum absolute atomic E-state index is 0.224. The lowest BCUT2D eigenvalue weighted by Crippen LogP contribution is -2.37. The molecule has 4 aromatic rings. The van der Waals surface area contributed by atoms with Gasteiger partial charge in [0.1, 0.15) is 24.3 Å². The van der Waals surface area contributed by atoms with E-state index in [-0.39, 0.29) is 24.8 Å². The van der Waals surface area contributed by atoms with Crippen LogP contribution in [0.4, 0.5) is 0 Å². The predicted molar refractivity (Wildman–Crippen MR) is 144 cm³/mol. The van der Waals surface area contributed by atoms with Gasteiger partial charge in [0.15, 0.2) is 0 Å². The minimum atomic E-state index is -1.04. The van der Waals surface area contributed by atoms with E-state index in [1.165, 1.54) is 32.9 Å². The van der Waals surface area contributed by atoms with Gasteiger partial charge in [-0.05, 0) is 73.9 Å². The summed E-state index contributed by atoms with van der Waals surface area (Å²) in [6.45, 7) is 8.65. The fraction of sp³-hybridized carbons (Fsp3) is 0.400. The third kappa shape index (κ3) is 4.93. The lowest BCUT2D eigenvalue weighted by atomic mass is 9.97. The number of nitrogens with zero attached hydrogens (tertiary/aromatic N) is 2. The van der Waals surface area contributed by atoms with E-state index in [0.29, 0.717) is 17.0 Å². The second-order valence-corrected chi connectivity index (χ2v) is 9.92. The summed E-state index contributed by atoms with van der Waals surface area (Å²) < 4.78 is 12.8. The molecule has 1 aliphatic rings. The number of rotatable bonds is 9. The number of aryl methyl sites for hydroxylation is 4. The fourth-order valence-electron chi connectivity index (χ4n) is 5.49. The van der Waals surface area contributed by atoms with E-state index < -0.39 is 6.23 Å². The first-order valence-electron chi connectivity index (χ1n) is 13.1. The quantitative estimate of drug-likeness (QED) is 0.350. The van der Waals surface area contributed by atoms with Crippen LogP contribution in [-0.4, -0.2) is 27.4 Å². The number of aliphatic hydroxyl groups is 1. The van der Waals surface area contributed by atoms with Crippen molar-refractivity contribution < 1.29 is 14.4 Å². The normalized spacial score (nSPS) is 14.3. The predicted octanol–water partition coefficient (Wildman–Crippen LogP) is 4.56. The molecule has 194 valence electrons. The minimum Gasteiger partial charge on any atom is -0.486 e. The third-order valence-electron chi connectivity index (χ3n) is 7.57. The Bertz CT molecular complexity index is 1430. The molecule has 2 aromatic carbocycles. The molecule has 1 atom stereocenters. The van der Waals surface area contributed by atoms with Crippen LogP contribution in [0, 0.1) is 13.8 Å². The zero-order valence-corrected chi connectivity index (χ0v) is 22.0. The summed E-state index contributed by atoms with van der Waals surface area (Å²) in [7, 11) is 0. The van der Waals surface area contributed by atoms with Crippen molar-refractivity contribution in [3.05, 3.63) is 92.1 Å². The van der Waals surface area contributed by atoms with Gasteiger partial charge >= 0.3 is 0 Å². The van der Waals surface area contributed by atoms with Crippen LogP contribution < -0.4 is 15.6 Å². The highest BCUT2D eigenvalue weighted by atomic mass is 16.5. The molecule has 0 spiro atoms. The number of hydrogen-bond acceptors (Lipinski definition) is 6. The number of benzene rings is 2. The molecule has 0 amide bonds. The van der Waals surface area contributed by atoms with E-state index in [2.05, 4.69) is 36.5 Å². The maximum Gasteiger partial charge on any atom is 0.253 e. The Balaban J connectivity index is 1.36. The summed E-state index contributed by atoms with van der Waals surface area (Å²) in [4.78, 5) is 13.0. The van der Waals surface area contributed by atoms with E-state index >= 15 is 0 Å². The second kappa shape index (κ2) is 10.5. The molecule has 0 aliphatic heterocycles. The zero-order valence-electron chi connectivity index (χ0n) is 22.0. The number of para-hydroxylation sites is 1. The maximum absolute atomic E-state index is 13.0. The Morgan fingerprint density at radius 2 is 1.81 bits per heavy atom. The second-order valence-electron chi connectivity index (χ2n) is 9.92. The average Bonchev–Trinajstić information content (AvgIpc) is 3.46. The number of nitrogens with one attached hydrogen (secondary N) is 1. The fourth-order valence-corrected chi connectivity index (χ4v) is 5.49. The van der Waals surface area contributed by atoms with Crippen molar-refractivity contribution in [2.75, 3.05) is 6.54 Å². The summed E-state index contributed by atoms with van der Waals surface area (Å²) in [6.07, 6.45) is 2.89. The van der Waals surface area contributed by atoms with Crippen molar-refractivity contribution in [3.63, 3.8) is 0 Å². The smallest absolute Gasteiger partial charge is 0.253 e. The number of pyridine rings is 1. The van der Waals surface area contributed by atoms with E-state index in [0.717, 1.165) is 42.3 Å². The zero-order chi connectivity index (χ0) is 26.1. The Kier molecular flexibility index (Phi) is 7.17. The van der Waals surface area contributed by atoms with Crippen LogP contribution in [-0.2, 0) is 32.3 Å². The van der Waals surface area contributed by atoms with Gasteiger partial charge in [-0.2, -0.15) is 0 Å². The van der Waals surface area contributed by atoms with Crippen molar-refractivity contribution in [2.24, 2.45) is 0 Å². The van der Waals surface area contributed by atoms with Crippen LogP contribution in [0.15, 0.2) is 51.8 Å². The monoisotopic (exact) mass is 501 g/mol. The van der Waals surface area contributed by atoms with E-state index in [9.17, 15) is 9.90 Å². The van der Waals surface area contributed by atoms with Gasteiger partial charge in [-0.1, -0.05) is 43.3 Å². The number of hydrogen-bond donors (Lipinski definition) is 2.